The number of phenolic OH excluding ortho intramolecular Hbond substituents is 2. The van der Waals surface area contributed by atoms with Crippen molar-refractivity contribution in [2.45, 2.75) is 117 Å². The first-order valence-corrected chi connectivity index (χ1v) is 31.5. The topological polar surface area (TPSA) is 213 Å². The average molecular weight is 1330 g/mol. The van der Waals surface area contributed by atoms with Crippen molar-refractivity contribution in [2.24, 2.45) is 9.98 Å². The SMILES string of the molecule is CCCOc1c2cccc1Cc1cc3cc(c1OCCC)Cc1cccc(c1OCCC)Cc1cc(cc(c1OCCC)C2)NC(=O)COc1cccc(c1O)C=N[C@H]1CCCC[C@H]1N=Cc1cccc(c1O)OCC(=O)N3.[O]=[U]=[O]. The van der Waals surface area contributed by atoms with Gasteiger partial charge in [-0.1, -0.05) is 89.1 Å². The van der Waals surface area contributed by atoms with Crippen molar-refractivity contribution in [3.8, 4) is 46.0 Å². The number of hydrogen-bond acceptors (Lipinski definition) is 14. The number of para-hydroxylation sites is 4. The number of hydrogen-bond donors (Lipinski definition) is 4. The molecule has 0 unspecified atom stereocenters. The summed E-state index contributed by atoms with van der Waals surface area (Å²) in [5, 5.41) is 29.2. The summed E-state index contributed by atoms with van der Waals surface area (Å²) in [6.45, 7) is 9.43. The number of carbonyl (C=O) groups excluding carboxylic acids is 2. The molecule has 0 spiro atoms. The fourth-order valence-corrected chi connectivity index (χ4v) is 10.4. The van der Waals surface area contributed by atoms with E-state index >= 15 is 0 Å². The predicted octanol–water partition coefficient (Wildman–Crippen LogP) is 11.9. The van der Waals surface area contributed by atoms with E-state index in [1.54, 1.807) is 48.8 Å². The van der Waals surface area contributed by atoms with Crippen LogP contribution in [0.15, 0.2) is 107 Å². The summed E-state index contributed by atoms with van der Waals surface area (Å²) < 4.78 is 56.3. The van der Waals surface area contributed by atoms with E-state index in [0.717, 1.165) is 119 Å². The van der Waals surface area contributed by atoms with Crippen LogP contribution in [0.3, 0.4) is 0 Å². The summed E-state index contributed by atoms with van der Waals surface area (Å²) in [5.74, 6) is 2.08. The van der Waals surface area contributed by atoms with Crippen LogP contribution in [0, 0.1) is 27.8 Å². The minimum atomic E-state index is -2.51. The first kappa shape index (κ1) is 59.8. The molecule has 16 nitrogen and oxygen atoms in total. The maximum atomic E-state index is 14.1. The summed E-state index contributed by atoms with van der Waals surface area (Å²) in [4.78, 5) is 38.0. The zero-order chi connectivity index (χ0) is 57.1. The van der Waals surface area contributed by atoms with Gasteiger partial charge in [0.1, 0.15) is 23.0 Å². The number of nitrogens with zero attached hydrogens (tertiary/aromatic N) is 2. The second-order valence-corrected chi connectivity index (χ2v) is 21.0. The van der Waals surface area contributed by atoms with Crippen LogP contribution in [-0.4, -0.2) is 86.2 Å². The Morgan fingerprint density at radius 1 is 0.494 bits per heavy atom. The van der Waals surface area contributed by atoms with Gasteiger partial charge in [-0.25, -0.2) is 0 Å². The van der Waals surface area contributed by atoms with Gasteiger partial charge in [-0.2, -0.15) is 0 Å². The second-order valence-electron chi connectivity index (χ2n) is 20.3. The molecule has 6 aromatic carbocycles. The van der Waals surface area contributed by atoms with Gasteiger partial charge < -0.3 is 49.3 Å². The molecule has 1 saturated carbocycles. The molecule has 81 heavy (non-hydrogen) atoms. The van der Waals surface area contributed by atoms with E-state index < -0.39 is 39.6 Å². The Bertz CT molecular complexity index is 2960. The van der Waals surface area contributed by atoms with E-state index in [1.807, 2.05) is 36.4 Å². The molecule has 17 heteroatoms. The van der Waals surface area contributed by atoms with E-state index in [4.69, 9.17) is 42.9 Å². The van der Waals surface area contributed by atoms with Gasteiger partial charge in [-0.15, -0.1) is 0 Å². The monoisotopic (exact) mass is 1330 g/mol. The second kappa shape index (κ2) is 29.9. The van der Waals surface area contributed by atoms with Crippen molar-refractivity contribution in [2.75, 3.05) is 50.3 Å². The van der Waals surface area contributed by atoms with Crippen molar-refractivity contribution >= 4 is 35.6 Å². The molecule has 0 saturated heterocycles. The molecule has 2 aliphatic carbocycles. The first-order chi connectivity index (χ1) is 39.5. The van der Waals surface area contributed by atoms with Gasteiger partial charge in [0.25, 0.3) is 11.8 Å². The third-order valence-corrected chi connectivity index (χ3v) is 14.0. The molecule has 2 aliphatic heterocycles. The average Bonchev–Trinajstić information content (AvgIpc) is 3.46. The molecular formula is C64H72N4O12U. The molecule has 0 aromatic heterocycles. The van der Waals surface area contributed by atoms with Gasteiger partial charge in [0.15, 0.2) is 36.2 Å². The Hall–Kier alpha value is -7.35. The number of aliphatic imine (C=N–C) groups is 2. The normalized spacial score (nSPS) is 16.0. The molecule has 10 rings (SSSR count). The van der Waals surface area contributed by atoms with Crippen LogP contribution < -0.4 is 39.1 Å². The molecule has 2 heterocycles. The number of ether oxygens (including phenoxy) is 6. The molecule has 1 fully saturated rings. The standard InChI is InChI=1S/C64H72N4O10.2O.U/c1-5-25-73-61-41-15-11-16-42(61)30-48-34-52-36-50(64(48)76-28-8-4)32-44-18-12-17-43(62(44)74-26-6-2)31-49-35-51(33-47(29-41)63(49)75-27-7-3)67-57(69)39-77-55-23-13-19-45(59(55)71)37-65-53-21-9-10-22-54(53)66-38-46-20-14-24-56(60(46)72)78-40-58(70)68-52;;;/h11-20,23-24,33-38,53-54,71-72H,5-10,21-22,25-32,39-40H2,1-4H3,(H,67,69)(H,68,70);;;/t53-,54+;;;. The third kappa shape index (κ3) is 15.8. The van der Waals surface area contributed by atoms with Gasteiger partial charge >= 0.3 is 32.3 Å². The fraction of sp³-hybridized carbons (Fsp3) is 0.375. The number of aromatic hydroxyl groups is 2. The number of benzene rings is 6. The van der Waals surface area contributed by atoms with Crippen LogP contribution in [0.2, 0.25) is 0 Å². The number of anilines is 2. The molecule has 2 atom stereocenters. The summed E-state index contributed by atoms with van der Waals surface area (Å²) >= 11 is -2.51. The Morgan fingerprint density at radius 2 is 0.802 bits per heavy atom. The Morgan fingerprint density at radius 3 is 1.12 bits per heavy atom. The van der Waals surface area contributed by atoms with Crippen molar-refractivity contribution in [1.82, 2.24) is 0 Å². The number of carbonyl (C=O) groups is 2. The molecule has 424 valence electrons. The number of amides is 2. The third-order valence-electron chi connectivity index (χ3n) is 14.0. The van der Waals surface area contributed by atoms with Gasteiger partial charge in [-0.3, -0.25) is 19.6 Å². The molecule has 14 bridgehead atoms. The summed E-state index contributed by atoms with van der Waals surface area (Å²) in [6.07, 6.45) is 11.4. The molecule has 4 aliphatic rings. The van der Waals surface area contributed by atoms with Crippen molar-refractivity contribution in [3.05, 3.63) is 153 Å². The maximum absolute atomic E-state index is 14.1. The zero-order valence-electron chi connectivity index (χ0n) is 46.6. The van der Waals surface area contributed by atoms with Crippen LogP contribution in [0.25, 0.3) is 0 Å². The molecule has 6 aromatic rings. The van der Waals surface area contributed by atoms with Gasteiger partial charge in [-0.05, 0) is 109 Å². The molecule has 0 radical (unpaired) electrons. The molecular weight excluding hydrogens is 1250 g/mol. The zero-order valence-corrected chi connectivity index (χ0v) is 50.8. The van der Waals surface area contributed by atoms with Crippen LogP contribution in [0.5, 0.6) is 46.0 Å². The number of fused-ring (bicyclic) bond motifs is 6. The number of phenols is 2. The predicted molar refractivity (Wildman–Crippen MR) is 307 cm³/mol. The van der Waals surface area contributed by atoms with Crippen LogP contribution in [-0.2, 0) is 39.7 Å². The first-order valence-electron chi connectivity index (χ1n) is 28.1. The van der Waals surface area contributed by atoms with E-state index in [1.165, 1.54) is 0 Å². The van der Waals surface area contributed by atoms with Gasteiger partial charge in [0.05, 0.1) is 38.5 Å². The van der Waals surface area contributed by atoms with Crippen molar-refractivity contribution < 1.29 is 80.5 Å². The minimum absolute atomic E-state index is 0.138. The van der Waals surface area contributed by atoms with E-state index in [9.17, 15) is 19.8 Å². The Kier molecular flexibility index (Phi) is 22.1. The van der Waals surface area contributed by atoms with E-state index in [-0.39, 0.29) is 48.3 Å². The Labute approximate surface area is 488 Å². The van der Waals surface area contributed by atoms with Crippen LogP contribution >= 0.6 is 0 Å². The van der Waals surface area contributed by atoms with Gasteiger partial charge in [0, 0.05) is 82.9 Å². The quantitative estimate of drug-likeness (QED) is 0.0900. The number of nitrogens with one attached hydrogen (secondary N) is 2. The Balaban J connectivity index is 0.00000281. The van der Waals surface area contributed by atoms with Crippen molar-refractivity contribution in [1.29, 1.82) is 0 Å². The fourth-order valence-electron chi connectivity index (χ4n) is 10.4. The van der Waals surface area contributed by atoms with Crippen LogP contribution in [0.1, 0.15) is 135 Å². The van der Waals surface area contributed by atoms with E-state index in [2.05, 4.69) is 62.6 Å². The summed E-state index contributed by atoms with van der Waals surface area (Å²) in [6, 6.07) is 30.1. The van der Waals surface area contributed by atoms with Crippen molar-refractivity contribution in [3.63, 3.8) is 0 Å². The number of rotatable bonds is 12. The van der Waals surface area contributed by atoms with Crippen LogP contribution in [0.4, 0.5) is 11.4 Å². The molecule has 4 N–H and O–H groups in total. The summed E-state index contributed by atoms with van der Waals surface area (Å²) in [7, 11) is 0. The summed E-state index contributed by atoms with van der Waals surface area (Å²) in [5.41, 5.74) is 9.07. The molecule has 2 amide bonds. The van der Waals surface area contributed by atoms with E-state index in [0.29, 0.717) is 74.6 Å². The van der Waals surface area contributed by atoms with Gasteiger partial charge in [0.2, 0.25) is 0 Å².